The van der Waals surface area contributed by atoms with E-state index in [0.29, 0.717) is 5.69 Å². The molecule has 19 heavy (non-hydrogen) atoms. The minimum atomic E-state index is -0.692. The highest BCUT2D eigenvalue weighted by Crippen LogP contribution is 2.16. The number of halogens is 1. The van der Waals surface area contributed by atoms with Gasteiger partial charge in [-0.3, -0.25) is 4.79 Å². The third-order valence-electron chi connectivity index (χ3n) is 2.61. The fourth-order valence-electron chi connectivity index (χ4n) is 1.71. The molecule has 0 aromatic carbocycles. The monoisotopic (exact) mass is 266 g/mol. The van der Waals surface area contributed by atoms with Crippen molar-refractivity contribution < 1.29 is 23.5 Å². The van der Waals surface area contributed by atoms with Crippen LogP contribution in [0.1, 0.15) is 16.2 Å². The van der Waals surface area contributed by atoms with E-state index in [0.717, 1.165) is 6.07 Å². The predicted octanol–water partition coefficient (Wildman–Crippen LogP) is 0.975. The summed E-state index contributed by atoms with van der Waals surface area (Å²) in [5.41, 5.74) is 0.492. The maximum Gasteiger partial charge on any atom is 0.358 e. The van der Waals surface area contributed by atoms with Gasteiger partial charge in [0.05, 0.1) is 26.3 Å². The molecular weight excluding hydrogens is 255 g/mol. The Kier molecular flexibility index (Phi) is 3.46. The van der Waals surface area contributed by atoms with Crippen LogP contribution in [0.4, 0.5) is 4.39 Å². The lowest BCUT2D eigenvalue weighted by atomic mass is 10.2. The second-order valence-electron chi connectivity index (χ2n) is 3.72. The first-order valence-electron chi connectivity index (χ1n) is 5.38. The van der Waals surface area contributed by atoms with Crippen LogP contribution in [0.5, 0.6) is 0 Å². The zero-order valence-corrected chi connectivity index (χ0v) is 10.3. The van der Waals surface area contributed by atoms with E-state index in [2.05, 4.69) is 14.5 Å². The van der Waals surface area contributed by atoms with Crippen molar-refractivity contribution in [2.45, 2.75) is 6.42 Å². The number of ether oxygens (including phenoxy) is 2. The molecule has 100 valence electrons. The van der Waals surface area contributed by atoms with Crippen molar-refractivity contribution in [3.05, 3.63) is 35.5 Å². The molecule has 0 radical (unpaired) electrons. The Morgan fingerprint density at radius 1 is 1.37 bits per heavy atom. The Morgan fingerprint density at radius 3 is 2.74 bits per heavy atom. The summed E-state index contributed by atoms with van der Waals surface area (Å²) in [7, 11) is 2.44. The topological polar surface area (TPSA) is 69.9 Å². The molecule has 0 N–H and O–H groups in total. The van der Waals surface area contributed by atoms with E-state index in [1.807, 2.05) is 0 Å². The van der Waals surface area contributed by atoms with E-state index in [9.17, 15) is 14.0 Å². The van der Waals surface area contributed by atoms with Crippen LogP contribution < -0.4 is 0 Å². The SMILES string of the molecule is COC(=O)Cc1c(C(=O)OC)nc2cc(F)ccn12. The van der Waals surface area contributed by atoms with E-state index >= 15 is 0 Å². The minimum absolute atomic E-state index is 0.0292. The van der Waals surface area contributed by atoms with Crippen LogP contribution in [0.3, 0.4) is 0 Å². The highest BCUT2D eigenvalue weighted by atomic mass is 19.1. The Balaban J connectivity index is 2.61. The van der Waals surface area contributed by atoms with Gasteiger partial charge in [-0.05, 0) is 6.07 Å². The molecule has 0 amide bonds. The van der Waals surface area contributed by atoms with Crippen molar-refractivity contribution in [3.8, 4) is 0 Å². The molecule has 0 saturated carbocycles. The van der Waals surface area contributed by atoms with Gasteiger partial charge in [0.15, 0.2) is 5.69 Å². The molecule has 2 aromatic heterocycles. The first-order valence-corrected chi connectivity index (χ1v) is 5.38. The van der Waals surface area contributed by atoms with Crippen molar-refractivity contribution in [3.63, 3.8) is 0 Å². The summed E-state index contributed by atoms with van der Waals surface area (Å²) in [6, 6.07) is 2.36. The lowest BCUT2D eigenvalue weighted by molar-refractivity contribution is -0.139. The van der Waals surface area contributed by atoms with Crippen LogP contribution in [0.15, 0.2) is 18.3 Å². The number of esters is 2. The molecule has 0 aliphatic heterocycles. The standard InChI is InChI=1S/C12H11FN2O4/c1-18-10(16)6-8-11(12(17)19-2)14-9-5-7(13)3-4-15(8)9/h3-5H,6H2,1-2H3. The molecule has 0 bridgehead atoms. The normalized spacial score (nSPS) is 10.5. The van der Waals surface area contributed by atoms with Crippen molar-refractivity contribution in [1.29, 1.82) is 0 Å². The Labute approximate surface area is 107 Å². The van der Waals surface area contributed by atoms with Gasteiger partial charge in [0, 0.05) is 12.3 Å². The van der Waals surface area contributed by atoms with Crippen LogP contribution in [0.2, 0.25) is 0 Å². The molecule has 0 aliphatic carbocycles. The van der Waals surface area contributed by atoms with Crippen LogP contribution in [-0.4, -0.2) is 35.5 Å². The third-order valence-corrected chi connectivity index (χ3v) is 2.61. The van der Waals surface area contributed by atoms with Crippen LogP contribution in [0, 0.1) is 5.82 Å². The zero-order chi connectivity index (χ0) is 14.0. The third kappa shape index (κ3) is 2.40. The molecule has 0 saturated heterocycles. The fraction of sp³-hybridized carbons (Fsp3) is 0.250. The van der Waals surface area contributed by atoms with Gasteiger partial charge >= 0.3 is 11.9 Å². The van der Waals surface area contributed by atoms with Crippen molar-refractivity contribution in [2.24, 2.45) is 0 Å². The van der Waals surface area contributed by atoms with Crippen molar-refractivity contribution in [1.82, 2.24) is 9.38 Å². The maximum absolute atomic E-state index is 13.1. The molecular formula is C12H11FN2O4. The Bertz CT molecular complexity index is 650. The molecule has 0 aliphatic rings. The smallest absolute Gasteiger partial charge is 0.358 e. The predicted molar refractivity (Wildman–Crippen MR) is 62.2 cm³/mol. The lowest BCUT2D eigenvalue weighted by Crippen LogP contribution is -2.12. The van der Waals surface area contributed by atoms with Gasteiger partial charge in [-0.2, -0.15) is 0 Å². The summed E-state index contributed by atoms with van der Waals surface area (Å²) < 4.78 is 23.7. The largest absolute Gasteiger partial charge is 0.469 e. The molecule has 0 unspecified atom stereocenters. The number of aromatic nitrogens is 2. The zero-order valence-electron chi connectivity index (χ0n) is 10.3. The van der Waals surface area contributed by atoms with Gasteiger partial charge < -0.3 is 13.9 Å². The number of carbonyl (C=O) groups excluding carboxylic acids is 2. The summed E-state index contributed by atoms with van der Waals surface area (Å²) in [6.07, 6.45) is 1.23. The molecule has 0 spiro atoms. The average Bonchev–Trinajstić information content (AvgIpc) is 2.75. The summed E-state index contributed by atoms with van der Waals surface area (Å²) >= 11 is 0. The molecule has 2 aromatic rings. The minimum Gasteiger partial charge on any atom is -0.469 e. The van der Waals surface area contributed by atoms with Crippen molar-refractivity contribution in [2.75, 3.05) is 14.2 Å². The number of carbonyl (C=O) groups is 2. The van der Waals surface area contributed by atoms with Gasteiger partial charge in [0.1, 0.15) is 11.5 Å². The lowest BCUT2D eigenvalue weighted by Gasteiger charge is -2.02. The second-order valence-corrected chi connectivity index (χ2v) is 3.72. The molecule has 7 heteroatoms. The number of rotatable bonds is 3. The van der Waals surface area contributed by atoms with Crippen LogP contribution >= 0.6 is 0 Å². The Hall–Kier alpha value is -2.44. The van der Waals surface area contributed by atoms with E-state index < -0.39 is 17.8 Å². The van der Waals surface area contributed by atoms with E-state index in [-0.39, 0.29) is 17.8 Å². The molecule has 2 heterocycles. The number of imidazole rings is 1. The molecule has 2 rings (SSSR count). The number of methoxy groups -OCH3 is 2. The first kappa shape index (κ1) is 13.0. The van der Waals surface area contributed by atoms with E-state index in [1.54, 1.807) is 0 Å². The number of nitrogens with zero attached hydrogens (tertiary/aromatic N) is 2. The fourth-order valence-corrected chi connectivity index (χ4v) is 1.71. The average molecular weight is 266 g/mol. The Morgan fingerprint density at radius 2 is 2.11 bits per heavy atom. The first-order chi connectivity index (χ1) is 9.06. The summed E-state index contributed by atoms with van der Waals surface area (Å²) in [4.78, 5) is 27.0. The van der Waals surface area contributed by atoms with Gasteiger partial charge in [-0.15, -0.1) is 0 Å². The highest BCUT2D eigenvalue weighted by molar-refractivity contribution is 5.91. The highest BCUT2D eigenvalue weighted by Gasteiger charge is 2.22. The number of fused-ring (bicyclic) bond motifs is 1. The number of hydrogen-bond acceptors (Lipinski definition) is 5. The summed E-state index contributed by atoms with van der Waals surface area (Å²) in [6.45, 7) is 0. The molecule has 6 nitrogen and oxygen atoms in total. The number of pyridine rings is 1. The summed E-state index contributed by atoms with van der Waals surface area (Å²) in [5, 5.41) is 0. The van der Waals surface area contributed by atoms with Crippen molar-refractivity contribution >= 4 is 17.6 Å². The quantitative estimate of drug-likeness (QED) is 0.774. The van der Waals surface area contributed by atoms with Gasteiger partial charge in [-0.25, -0.2) is 14.2 Å². The van der Waals surface area contributed by atoms with Gasteiger partial charge in [-0.1, -0.05) is 0 Å². The van der Waals surface area contributed by atoms with Gasteiger partial charge in [0.25, 0.3) is 0 Å². The summed E-state index contributed by atoms with van der Waals surface area (Å²) in [5.74, 6) is -1.71. The van der Waals surface area contributed by atoms with E-state index in [4.69, 9.17) is 0 Å². The molecule has 0 atom stereocenters. The van der Waals surface area contributed by atoms with Crippen LogP contribution in [-0.2, 0) is 20.7 Å². The van der Waals surface area contributed by atoms with E-state index in [1.165, 1.54) is 30.9 Å². The second kappa shape index (κ2) is 5.05. The maximum atomic E-state index is 13.1. The molecule has 0 fully saturated rings. The van der Waals surface area contributed by atoms with Crippen LogP contribution in [0.25, 0.3) is 5.65 Å². The number of hydrogen-bond donors (Lipinski definition) is 0. The van der Waals surface area contributed by atoms with Gasteiger partial charge in [0.2, 0.25) is 0 Å².